The lowest BCUT2D eigenvalue weighted by Crippen LogP contribution is -3.07. The van der Waals surface area contributed by atoms with E-state index in [-0.39, 0.29) is 11.9 Å². The van der Waals surface area contributed by atoms with Gasteiger partial charge in [-0.2, -0.15) is 0 Å². The number of rotatable bonds is 5. The molecule has 0 aromatic heterocycles. The summed E-state index contributed by atoms with van der Waals surface area (Å²) in [7, 11) is 4.21. The summed E-state index contributed by atoms with van der Waals surface area (Å²) >= 11 is 5.25. The van der Waals surface area contributed by atoms with Crippen molar-refractivity contribution in [2.45, 2.75) is 6.04 Å². The Bertz CT molecular complexity index is 616. The molecule has 0 amide bonds. The van der Waals surface area contributed by atoms with Crippen molar-refractivity contribution in [3.8, 4) is 0 Å². The molecule has 0 saturated heterocycles. The van der Waals surface area contributed by atoms with Gasteiger partial charge < -0.3 is 15.5 Å². The second-order valence-corrected chi connectivity index (χ2v) is 5.76. The van der Waals surface area contributed by atoms with Gasteiger partial charge in [0.15, 0.2) is 5.11 Å². The van der Waals surface area contributed by atoms with Crippen LogP contribution in [0.3, 0.4) is 0 Å². The number of anilines is 1. The summed E-state index contributed by atoms with van der Waals surface area (Å²) < 4.78 is 13.6. The van der Waals surface area contributed by atoms with Crippen LogP contribution in [-0.2, 0) is 0 Å². The Balaban J connectivity index is 1.95. The molecule has 0 spiro atoms. The standard InChI is InChI=1S/C17H20FN3S/c1-21(2)16(13-8-4-3-5-9-13)12-19-17(22)20-15-11-7-6-10-14(15)18/h3-11,16H,12H2,1-2H3,(H2,19,20,22)/p+1/t16-/m0/s1. The molecule has 0 fully saturated rings. The number of para-hydroxylation sites is 1. The van der Waals surface area contributed by atoms with E-state index in [0.717, 1.165) is 0 Å². The third-order valence-electron chi connectivity index (χ3n) is 3.49. The third-order valence-corrected chi connectivity index (χ3v) is 3.73. The highest BCUT2D eigenvalue weighted by atomic mass is 32.1. The second kappa shape index (κ2) is 7.87. The van der Waals surface area contributed by atoms with Gasteiger partial charge in [-0.15, -0.1) is 0 Å². The number of benzene rings is 2. The van der Waals surface area contributed by atoms with E-state index in [2.05, 4.69) is 36.9 Å². The highest BCUT2D eigenvalue weighted by Crippen LogP contribution is 2.12. The normalized spacial score (nSPS) is 12.0. The van der Waals surface area contributed by atoms with E-state index < -0.39 is 0 Å². The molecule has 0 unspecified atom stereocenters. The second-order valence-electron chi connectivity index (χ2n) is 5.36. The summed E-state index contributed by atoms with van der Waals surface area (Å²) in [6, 6.07) is 17.0. The Hall–Kier alpha value is -1.98. The molecule has 0 aliphatic rings. The lowest BCUT2D eigenvalue weighted by atomic mass is 10.1. The van der Waals surface area contributed by atoms with E-state index in [9.17, 15) is 4.39 Å². The van der Waals surface area contributed by atoms with Crippen LogP contribution in [0.15, 0.2) is 54.6 Å². The quantitative estimate of drug-likeness (QED) is 0.737. The van der Waals surface area contributed by atoms with Gasteiger partial charge in [0.2, 0.25) is 0 Å². The Morgan fingerprint density at radius 1 is 1.09 bits per heavy atom. The Kier molecular flexibility index (Phi) is 5.86. The van der Waals surface area contributed by atoms with Gasteiger partial charge in [-0.05, 0) is 24.4 Å². The monoisotopic (exact) mass is 318 g/mol. The molecule has 2 rings (SSSR count). The summed E-state index contributed by atoms with van der Waals surface area (Å²) in [4.78, 5) is 1.30. The van der Waals surface area contributed by atoms with Crippen LogP contribution in [-0.4, -0.2) is 25.8 Å². The maximum absolute atomic E-state index is 13.6. The van der Waals surface area contributed by atoms with Crippen LogP contribution in [0.25, 0.3) is 0 Å². The highest BCUT2D eigenvalue weighted by Gasteiger charge is 2.17. The summed E-state index contributed by atoms with van der Waals surface area (Å²) in [6.07, 6.45) is 0. The summed E-state index contributed by atoms with van der Waals surface area (Å²) in [5.74, 6) is -0.315. The average molecular weight is 318 g/mol. The zero-order valence-electron chi connectivity index (χ0n) is 12.8. The van der Waals surface area contributed by atoms with Crippen molar-refractivity contribution < 1.29 is 9.29 Å². The lowest BCUT2D eigenvalue weighted by Gasteiger charge is -2.23. The number of likely N-dealkylation sites (N-methyl/N-ethyl adjacent to an activating group) is 1. The van der Waals surface area contributed by atoms with Crippen LogP contribution in [0.5, 0.6) is 0 Å². The molecule has 3 nitrogen and oxygen atoms in total. The molecule has 2 aromatic rings. The minimum atomic E-state index is -0.315. The summed E-state index contributed by atoms with van der Waals surface area (Å²) in [5.41, 5.74) is 1.62. The summed E-state index contributed by atoms with van der Waals surface area (Å²) in [5, 5.41) is 6.49. The minimum absolute atomic E-state index is 0.265. The van der Waals surface area contributed by atoms with Crippen molar-refractivity contribution in [3.05, 3.63) is 66.0 Å². The molecule has 0 saturated carbocycles. The molecule has 0 radical (unpaired) electrons. The number of quaternary nitrogens is 1. The van der Waals surface area contributed by atoms with Crippen LogP contribution in [0, 0.1) is 5.82 Å². The molecular weight excluding hydrogens is 297 g/mol. The van der Waals surface area contributed by atoms with Crippen LogP contribution < -0.4 is 15.5 Å². The van der Waals surface area contributed by atoms with Crippen molar-refractivity contribution in [2.75, 3.05) is 26.0 Å². The van der Waals surface area contributed by atoms with Crippen molar-refractivity contribution in [2.24, 2.45) is 0 Å². The first-order valence-electron chi connectivity index (χ1n) is 7.22. The van der Waals surface area contributed by atoms with E-state index >= 15 is 0 Å². The predicted octanol–water partition coefficient (Wildman–Crippen LogP) is 2.00. The lowest BCUT2D eigenvalue weighted by molar-refractivity contribution is -0.890. The number of hydrogen-bond acceptors (Lipinski definition) is 1. The molecule has 0 aliphatic carbocycles. The Labute approximate surface area is 136 Å². The Morgan fingerprint density at radius 2 is 1.73 bits per heavy atom. The van der Waals surface area contributed by atoms with Crippen molar-refractivity contribution >= 4 is 23.0 Å². The molecule has 22 heavy (non-hydrogen) atoms. The van der Waals surface area contributed by atoms with Crippen molar-refractivity contribution in [1.29, 1.82) is 0 Å². The van der Waals surface area contributed by atoms with Gasteiger partial charge in [0.25, 0.3) is 0 Å². The maximum atomic E-state index is 13.6. The van der Waals surface area contributed by atoms with Gasteiger partial charge in [0.05, 0.1) is 26.3 Å². The number of hydrogen-bond donors (Lipinski definition) is 3. The maximum Gasteiger partial charge on any atom is 0.171 e. The number of halogens is 1. The van der Waals surface area contributed by atoms with Crippen molar-refractivity contribution in [1.82, 2.24) is 5.32 Å². The molecule has 0 aliphatic heterocycles. The van der Waals surface area contributed by atoms with Gasteiger partial charge in [0.1, 0.15) is 11.9 Å². The number of thiocarbonyl (C=S) groups is 1. The molecule has 2 aromatic carbocycles. The van der Waals surface area contributed by atoms with Gasteiger partial charge >= 0.3 is 0 Å². The molecule has 5 heteroatoms. The summed E-state index contributed by atoms with van der Waals surface area (Å²) in [6.45, 7) is 0.673. The first-order valence-corrected chi connectivity index (χ1v) is 7.63. The van der Waals surface area contributed by atoms with Gasteiger partial charge in [-0.25, -0.2) is 4.39 Å². The van der Waals surface area contributed by atoms with Crippen LogP contribution in [0.4, 0.5) is 10.1 Å². The SMILES string of the molecule is C[NH+](C)[C@@H](CNC(=S)Nc1ccccc1F)c1ccccc1. The zero-order valence-corrected chi connectivity index (χ0v) is 13.6. The molecule has 116 valence electrons. The van der Waals surface area contributed by atoms with Gasteiger partial charge in [0, 0.05) is 5.56 Å². The van der Waals surface area contributed by atoms with E-state index in [1.807, 2.05) is 18.2 Å². The molecule has 1 atom stereocenters. The topological polar surface area (TPSA) is 28.5 Å². The molecular formula is C17H21FN3S+. The molecule has 0 heterocycles. The van der Waals surface area contributed by atoms with Crippen LogP contribution in [0.2, 0.25) is 0 Å². The third kappa shape index (κ3) is 4.51. The van der Waals surface area contributed by atoms with E-state index in [1.165, 1.54) is 16.5 Å². The fourth-order valence-electron chi connectivity index (χ4n) is 2.26. The van der Waals surface area contributed by atoms with Crippen molar-refractivity contribution in [3.63, 3.8) is 0 Å². The average Bonchev–Trinajstić information content (AvgIpc) is 2.50. The first kappa shape index (κ1) is 16.4. The fraction of sp³-hybridized carbons (Fsp3) is 0.235. The Morgan fingerprint density at radius 3 is 2.36 bits per heavy atom. The predicted molar refractivity (Wildman–Crippen MR) is 92.6 cm³/mol. The largest absolute Gasteiger partial charge is 0.356 e. The number of nitrogens with one attached hydrogen (secondary N) is 3. The van der Waals surface area contributed by atoms with Crippen LogP contribution >= 0.6 is 12.2 Å². The minimum Gasteiger partial charge on any atom is -0.356 e. The van der Waals surface area contributed by atoms with Crippen LogP contribution in [0.1, 0.15) is 11.6 Å². The highest BCUT2D eigenvalue weighted by molar-refractivity contribution is 7.80. The first-order chi connectivity index (χ1) is 10.6. The molecule has 3 N–H and O–H groups in total. The van der Waals surface area contributed by atoms with E-state index in [4.69, 9.17) is 12.2 Å². The fourth-order valence-corrected chi connectivity index (χ4v) is 2.46. The molecule has 0 bridgehead atoms. The van der Waals surface area contributed by atoms with Gasteiger partial charge in [-0.3, -0.25) is 0 Å². The van der Waals surface area contributed by atoms with Gasteiger partial charge in [-0.1, -0.05) is 42.5 Å². The zero-order chi connectivity index (χ0) is 15.9. The van der Waals surface area contributed by atoms with E-state index in [0.29, 0.717) is 17.3 Å². The smallest absolute Gasteiger partial charge is 0.171 e. The van der Waals surface area contributed by atoms with E-state index in [1.54, 1.807) is 18.2 Å².